The second kappa shape index (κ2) is 4.85. The van der Waals surface area contributed by atoms with Crippen molar-refractivity contribution < 1.29 is 0 Å². The van der Waals surface area contributed by atoms with Crippen LogP contribution in [0.2, 0.25) is 0 Å². The van der Waals surface area contributed by atoms with Crippen molar-refractivity contribution in [1.29, 1.82) is 0 Å². The summed E-state index contributed by atoms with van der Waals surface area (Å²) in [5.74, 6) is 0. The quantitative estimate of drug-likeness (QED) is 0.724. The zero-order valence-electron chi connectivity index (χ0n) is 12.7. The number of aromatic amines is 1. The summed E-state index contributed by atoms with van der Waals surface area (Å²) in [7, 11) is 2.24. The fourth-order valence-corrected chi connectivity index (χ4v) is 3.73. The lowest BCUT2D eigenvalue weighted by molar-refractivity contribution is 0.188. The van der Waals surface area contributed by atoms with Crippen LogP contribution in [0, 0.1) is 6.92 Å². The number of nitrogens with zero attached hydrogens (tertiary/aromatic N) is 2. The monoisotopic (exact) mass is 279 g/mol. The van der Waals surface area contributed by atoms with Crippen molar-refractivity contribution in [2.75, 3.05) is 13.6 Å². The summed E-state index contributed by atoms with van der Waals surface area (Å²) < 4.78 is 0. The van der Waals surface area contributed by atoms with Crippen LogP contribution in [0.1, 0.15) is 36.6 Å². The molecule has 0 amide bonds. The molecule has 1 aromatic carbocycles. The van der Waals surface area contributed by atoms with Gasteiger partial charge in [0.25, 0.3) is 0 Å². The van der Waals surface area contributed by atoms with Gasteiger partial charge in [0, 0.05) is 28.5 Å². The summed E-state index contributed by atoms with van der Waals surface area (Å²) in [6, 6.07) is 9.09. The Morgan fingerprint density at radius 3 is 2.95 bits per heavy atom. The molecule has 0 radical (unpaired) electrons. The van der Waals surface area contributed by atoms with Crippen LogP contribution >= 0.6 is 0 Å². The van der Waals surface area contributed by atoms with Gasteiger partial charge in [0.2, 0.25) is 0 Å². The van der Waals surface area contributed by atoms with Gasteiger partial charge in [0.1, 0.15) is 0 Å². The molecule has 1 saturated heterocycles. The van der Waals surface area contributed by atoms with Gasteiger partial charge in [-0.25, -0.2) is 0 Å². The van der Waals surface area contributed by atoms with E-state index in [1.807, 2.05) is 0 Å². The van der Waals surface area contributed by atoms with Crippen molar-refractivity contribution in [3.05, 3.63) is 41.7 Å². The molecule has 1 fully saturated rings. The van der Waals surface area contributed by atoms with Gasteiger partial charge in [-0.1, -0.05) is 24.6 Å². The van der Waals surface area contributed by atoms with Crippen LogP contribution in [0.3, 0.4) is 0 Å². The molecule has 4 rings (SSSR count). The van der Waals surface area contributed by atoms with Crippen molar-refractivity contribution in [2.45, 2.75) is 32.2 Å². The number of hydrogen-bond acceptors (Lipinski definition) is 2. The number of aryl methyl sites for hydroxylation is 1. The third kappa shape index (κ3) is 1.95. The van der Waals surface area contributed by atoms with Gasteiger partial charge >= 0.3 is 0 Å². The van der Waals surface area contributed by atoms with Gasteiger partial charge in [-0.05, 0) is 45.0 Å². The van der Waals surface area contributed by atoms with Gasteiger partial charge in [-0.2, -0.15) is 0 Å². The highest BCUT2D eigenvalue weighted by Crippen LogP contribution is 2.37. The molecule has 108 valence electrons. The van der Waals surface area contributed by atoms with E-state index in [0.717, 1.165) is 5.69 Å². The average Bonchev–Trinajstić information content (AvgIpc) is 2.89. The number of H-pyrrole nitrogens is 1. The van der Waals surface area contributed by atoms with Crippen LogP contribution in [0.5, 0.6) is 0 Å². The summed E-state index contributed by atoms with van der Waals surface area (Å²) >= 11 is 0. The number of piperidine rings is 1. The number of benzene rings is 1. The molecule has 1 N–H and O–H groups in total. The molecule has 1 atom stereocenters. The highest BCUT2D eigenvalue weighted by molar-refractivity contribution is 6.09. The van der Waals surface area contributed by atoms with Crippen LogP contribution in [0.4, 0.5) is 0 Å². The number of rotatable bonds is 1. The molecule has 2 aromatic heterocycles. The Kier molecular flexibility index (Phi) is 2.96. The van der Waals surface area contributed by atoms with Crippen molar-refractivity contribution in [2.24, 2.45) is 0 Å². The Labute approximate surface area is 125 Å². The van der Waals surface area contributed by atoms with Crippen LogP contribution < -0.4 is 0 Å². The van der Waals surface area contributed by atoms with Crippen molar-refractivity contribution in [3.8, 4) is 0 Å². The Morgan fingerprint density at radius 1 is 1.24 bits per heavy atom. The summed E-state index contributed by atoms with van der Waals surface area (Å²) in [5, 5.41) is 2.70. The minimum atomic E-state index is 0.494. The first-order chi connectivity index (χ1) is 10.3. The van der Waals surface area contributed by atoms with Gasteiger partial charge in [-0.3, -0.25) is 9.88 Å². The molecule has 3 heterocycles. The second-order valence-electron chi connectivity index (χ2n) is 6.21. The number of nitrogens with one attached hydrogen (secondary N) is 1. The van der Waals surface area contributed by atoms with E-state index in [4.69, 9.17) is 0 Å². The number of pyridine rings is 1. The van der Waals surface area contributed by atoms with Crippen LogP contribution in [0.25, 0.3) is 21.8 Å². The predicted octanol–water partition coefficient (Wildman–Crippen LogP) is 4.18. The first kappa shape index (κ1) is 12.8. The fourth-order valence-electron chi connectivity index (χ4n) is 3.73. The lowest BCUT2D eigenvalue weighted by Gasteiger charge is -2.33. The summed E-state index contributed by atoms with van der Waals surface area (Å²) in [6.07, 6.45) is 5.95. The molecule has 3 aromatic rings. The molecule has 1 aliphatic heterocycles. The predicted molar refractivity (Wildman–Crippen MR) is 87.6 cm³/mol. The fraction of sp³-hybridized carbons (Fsp3) is 0.389. The Hall–Kier alpha value is -1.87. The van der Waals surface area contributed by atoms with Crippen molar-refractivity contribution >= 4 is 21.8 Å². The second-order valence-corrected chi connectivity index (χ2v) is 6.21. The molecule has 1 aliphatic rings. The number of fused-ring (bicyclic) bond motifs is 3. The Bertz CT molecular complexity index is 803. The van der Waals surface area contributed by atoms with Gasteiger partial charge < -0.3 is 4.98 Å². The zero-order valence-corrected chi connectivity index (χ0v) is 12.7. The standard InChI is InChI=1S/C18H21N3/c1-12-18-17(13-7-3-4-8-15(13)20-18)14(11-19-12)16-9-5-6-10-21(16)2/h3-4,7-8,11,16,20H,5-6,9-10H2,1-2H3/t16-/m1/s1. The smallest absolute Gasteiger partial charge is 0.0684 e. The van der Waals surface area contributed by atoms with E-state index in [-0.39, 0.29) is 0 Å². The van der Waals surface area contributed by atoms with E-state index in [9.17, 15) is 0 Å². The van der Waals surface area contributed by atoms with Gasteiger partial charge in [0.15, 0.2) is 0 Å². The molecule has 3 nitrogen and oxygen atoms in total. The third-order valence-corrected chi connectivity index (χ3v) is 4.88. The minimum absolute atomic E-state index is 0.494. The normalized spacial score (nSPS) is 20.4. The molecule has 0 bridgehead atoms. The van der Waals surface area contributed by atoms with Crippen LogP contribution in [-0.4, -0.2) is 28.5 Å². The summed E-state index contributed by atoms with van der Waals surface area (Å²) in [4.78, 5) is 10.7. The maximum Gasteiger partial charge on any atom is 0.0684 e. The molecule has 0 saturated carbocycles. The average molecular weight is 279 g/mol. The molecule has 0 unspecified atom stereocenters. The van der Waals surface area contributed by atoms with Crippen molar-refractivity contribution in [3.63, 3.8) is 0 Å². The molecular weight excluding hydrogens is 258 g/mol. The number of para-hydroxylation sites is 1. The summed E-state index contributed by atoms with van der Waals surface area (Å²) in [6.45, 7) is 3.27. The lowest BCUT2D eigenvalue weighted by atomic mass is 9.93. The van der Waals surface area contributed by atoms with Crippen molar-refractivity contribution in [1.82, 2.24) is 14.9 Å². The maximum atomic E-state index is 4.65. The minimum Gasteiger partial charge on any atom is -0.353 e. The van der Waals surface area contributed by atoms with E-state index >= 15 is 0 Å². The molecule has 0 spiro atoms. The van der Waals surface area contributed by atoms with E-state index in [1.165, 1.54) is 53.2 Å². The molecule has 0 aliphatic carbocycles. The number of hydrogen-bond donors (Lipinski definition) is 1. The van der Waals surface area contributed by atoms with Crippen LogP contribution in [-0.2, 0) is 0 Å². The van der Waals surface area contributed by atoms with Crippen LogP contribution in [0.15, 0.2) is 30.5 Å². The Balaban J connectivity index is 2.02. The largest absolute Gasteiger partial charge is 0.353 e. The lowest BCUT2D eigenvalue weighted by Crippen LogP contribution is -2.29. The zero-order chi connectivity index (χ0) is 14.4. The first-order valence-corrected chi connectivity index (χ1v) is 7.82. The number of likely N-dealkylation sites (tertiary alicyclic amines) is 1. The van der Waals surface area contributed by atoms with E-state index in [1.54, 1.807) is 0 Å². The topological polar surface area (TPSA) is 31.9 Å². The van der Waals surface area contributed by atoms with E-state index in [0.29, 0.717) is 6.04 Å². The first-order valence-electron chi connectivity index (χ1n) is 7.82. The third-order valence-electron chi connectivity index (χ3n) is 4.88. The van der Waals surface area contributed by atoms with Gasteiger partial charge in [-0.15, -0.1) is 0 Å². The maximum absolute atomic E-state index is 4.65. The van der Waals surface area contributed by atoms with E-state index < -0.39 is 0 Å². The molecule has 3 heteroatoms. The molecular formula is C18H21N3. The SMILES string of the molecule is Cc1ncc([C@H]2CCCCN2C)c2c1[nH]c1ccccc12. The highest BCUT2D eigenvalue weighted by Gasteiger charge is 2.24. The number of aromatic nitrogens is 2. The highest BCUT2D eigenvalue weighted by atomic mass is 15.1. The molecule has 21 heavy (non-hydrogen) atoms. The van der Waals surface area contributed by atoms with Gasteiger partial charge in [0.05, 0.1) is 11.2 Å². The Morgan fingerprint density at radius 2 is 2.10 bits per heavy atom. The van der Waals surface area contributed by atoms with E-state index in [2.05, 4.69) is 59.3 Å². The summed E-state index contributed by atoms with van der Waals surface area (Å²) in [5.41, 5.74) is 4.88.